The minimum atomic E-state index is -4.79. The lowest BCUT2D eigenvalue weighted by atomic mass is 10.1. The zero-order valence-electron chi connectivity index (χ0n) is 21.2. The first kappa shape index (κ1) is 25.9. The molecule has 0 unspecified atom stereocenters. The molecule has 4 rings (SSSR count). The highest BCUT2D eigenvalue weighted by Gasteiger charge is 2.46. The van der Waals surface area contributed by atoms with E-state index in [9.17, 15) is 13.2 Å². The van der Waals surface area contributed by atoms with Crippen LogP contribution in [-0.2, 0) is 0 Å². The molecule has 0 amide bonds. The first-order valence-electron chi connectivity index (χ1n) is 11.4. The second-order valence-corrected chi connectivity index (χ2v) is 7.92. The van der Waals surface area contributed by atoms with Gasteiger partial charge in [0.1, 0.15) is 17.3 Å². The average Bonchev–Trinajstić information content (AvgIpc) is 3.45. The number of ether oxygens (including phenoxy) is 3. The summed E-state index contributed by atoms with van der Waals surface area (Å²) in [6, 6.07) is 6.44. The Labute approximate surface area is 211 Å². The summed E-state index contributed by atoms with van der Waals surface area (Å²) < 4.78 is 59.2. The largest absolute Gasteiger partial charge is 0.496 e. The first-order valence-corrected chi connectivity index (χ1v) is 11.4. The number of aromatic nitrogens is 4. The normalized spacial score (nSPS) is 14.0. The van der Waals surface area contributed by atoms with Crippen molar-refractivity contribution in [3.05, 3.63) is 35.8 Å². The maximum absolute atomic E-state index is 14.1. The number of methoxy groups -OCH3 is 3. The summed E-state index contributed by atoms with van der Waals surface area (Å²) in [4.78, 5) is 10.8. The third kappa shape index (κ3) is 4.68. The van der Waals surface area contributed by atoms with Gasteiger partial charge < -0.3 is 19.1 Å². The fourth-order valence-electron chi connectivity index (χ4n) is 3.94. The molecule has 1 aliphatic heterocycles. The third-order valence-corrected chi connectivity index (χ3v) is 5.85. The Bertz CT molecular complexity index is 1380. The van der Waals surface area contributed by atoms with Crippen molar-refractivity contribution in [2.24, 2.45) is 10.1 Å². The minimum absolute atomic E-state index is 0.0199. The molecule has 3 aromatic rings. The molecule has 0 radical (unpaired) electrons. The molecule has 1 aromatic carbocycles. The number of aliphatic imine (C=N–C) groups is 1. The topological polar surface area (TPSA) is 99.3 Å². The molecule has 1 aliphatic rings. The summed E-state index contributed by atoms with van der Waals surface area (Å²) in [5, 5.41) is 11.9. The van der Waals surface area contributed by atoms with Gasteiger partial charge in [0, 0.05) is 19.2 Å². The van der Waals surface area contributed by atoms with Crippen molar-refractivity contribution < 1.29 is 27.4 Å². The predicted molar refractivity (Wildman–Crippen MR) is 133 cm³/mol. The summed E-state index contributed by atoms with van der Waals surface area (Å²) in [5.74, 6) is 1.57. The molecule has 13 heteroatoms. The van der Waals surface area contributed by atoms with Gasteiger partial charge in [-0.05, 0) is 39.0 Å². The standard InChI is InChI=1S/C24H26F3N7O3/c1-7-33(8-2)19-10-9-15(13(3)28-19)29-20-21(24(25,26)27)32-34-22(30-31-23(20)34)14-11-17(36-5)18(37-6)12-16(14)35-4/h9-12H,7-8H2,1-6H3. The number of benzene rings is 1. The number of alkyl halides is 3. The van der Waals surface area contributed by atoms with Gasteiger partial charge in [-0.25, -0.2) is 9.98 Å². The van der Waals surface area contributed by atoms with Gasteiger partial charge >= 0.3 is 6.18 Å². The van der Waals surface area contributed by atoms with Crippen molar-refractivity contribution in [1.82, 2.24) is 19.9 Å². The van der Waals surface area contributed by atoms with Gasteiger partial charge in [-0.3, -0.25) is 0 Å². The van der Waals surface area contributed by atoms with E-state index in [0.717, 1.165) is 17.8 Å². The van der Waals surface area contributed by atoms with Gasteiger partial charge in [0.05, 0.1) is 38.3 Å². The highest BCUT2D eigenvalue weighted by atomic mass is 19.4. The summed E-state index contributed by atoms with van der Waals surface area (Å²) in [7, 11) is 4.32. The van der Waals surface area contributed by atoms with Gasteiger partial charge in [0.2, 0.25) is 5.82 Å². The fourth-order valence-corrected chi connectivity index (χ4v) is 3.94. The summed E-state index contributed by atoms with van der Waals surface area (Å²) >= 11 is 0. The van der Waals surface area contributed by atoms with Crippen molar-refractivity contribution in [3.8, 4) is 28.6 Å². The number of pyridine rings is 1. The summed E-state index contributed by atoms with van der Waals surface area (Å²) in [5.41, 5.74) is -0.592. The van der Waals surface area contributed by atoms with E-state index in [1.54, 1.807) is 25.1 Å². The van der Waals surface area contributed by atoms with E-state index in [0.29, 0.717) is 28.6 Å². The summed E-state index contributed by atoms with van der Waals surface area (Å²) in [6.07, 6.45) is -4.79. The molecular formula is C24H26F3N7O3. The lowest BCUT2D eigenvalue weighted by molar-refractivity contribution is -0.0567. The van der Waals surface area contributed by atoms with Crippen molar-refractivity contribution in [3.63, 3.8) is 0 Å². The van der Waals surface area contributed by atoms with Crippen LogP contribution in [0.1, 0.15) is 25.4 Å². The minimum Gasteiger partial charge on any atom is -0.496 e. The number of aryl methyl sites for hydroxylation is 1. The van der Waals surface area contributed by atoms with E-state index < -0.39 is 17.6 Å². The van der Waals surface area contributed by atoms with E-state index in [1.807, 2.05) is 18.7 Å². The van der Waals surface area contributed by atoms with Gasteiger partial charge in [0.15, 0.2) is 23.0 Å². The van der Waals surface area contributed by atoms with Crippen molar-refractivity contribution in [2.75, 3.05) is 39.3 Å². The summed E-state index contributed by atoms with van der Waals surface area (Å²) in [6.45, 7) is 7.17. The zero-order chi connectivity index (χ0) is 26.9. The van der Waals surface area contributed by atoms with Crippen LogP contribution in [0.3, 0.4) is 0 Å². The number of rotatable bonds is 8. The lowest BCUT2D eigenvalue weighted by Gasteiger charge is -2.20. The fraction of sp³-hybridized carbons (Fsp3) is 0.375. The quantitative estimate of drug-likeness (QED) is 0.436. The first-order chi connectivity index (χ1) is 17.7. The maximum atomic E-state index is 14.1. The van der Waals surface area contributed by atoms with Gasteiger partial charge in [0.25, 0.3) is 0 Å². The molecule has 0 fully saturated rings. The zero-order valence-corrected chi connectivity index (χ0v) is 21.2. The lowest BCUT2D eigenvalue weighted by Crippen LogP contribution is -2.29. The van der Waals surface area contributed by atoms with Gasteiger partial charge in [-0.2, -0.15) is 22.9 Å². The molecule has 10 nitrogen and oxygen atoms in total. The molecule has 3 heterocycles. The highest BCUT2D eigenvalue weighted by Crippen LogP contribution is 2.40. The number of anilines is 1. The van der Waals surface area contributed by atoms with Crippen LogP contribution < -0.4 is 19.1 Å². The van der Waals surface area contributed by atoms with Crippen molar-refractivity contribution in [2.45, 2.75) is 26.9 Å². The molecule has 0 saturated carbocycles. The molecule has 0 N–H and O–H groups in total. The Kier molecular flexibility index (Phi) is 7.05. The number of fused-ring (bicyclic) bond motifs is 1. The predicted octanol–water partition coefficient (Wildman–Crippen LogP) is 4.42. The Balaban J connectivity index is 1.86. The number of hydrogen-bond acceptors (Lipinski definition) is 9. The number of nitrogens with zero attached hydrogens (tertiary/aromatic N) is 7. The smallest absolute Gasteiger partial charge is 0.437 e. The van der Waals surface area contributed by atoms with Crippen molar-refractivity contribution in [1.29, 1.82) is 0 Å². The monoisotopic (exact) mass is 517 g/mol. The second kappa shape index (κ2) is 10.1. The Morgan fingerprint density at radius 3 is 2.11 bits per heavy atom. The number of hydrogen-bond donors (Lipinski definition) is 0. The molecule has 0 saturated heterocycles. The van der Waals surface area contributed by atoms with Crippen LogP contribution in [0.25, 0.3) is 11.4 Å². The molecule has 37 heavy (non-hydrogen) atoms. The van der Waals surface area contributed by atoms with E-state index in [2.05, 4.69) is 25.3 Å². The van der Waals surface area contributed by atoms with E-state index in [-0.39, 0.29) is 23.1 Å². The molecular weight excluding hydrogens is 491 g/mol. The second-order valence-electron chi connectivity index (χ2n) is 7.92. The van der Waals surface area contributed by atoms with E-state index in [1.165, 1.54) is 27.4 Å². The van der Waals surface area contributed by atoms with Crippen LogP contribution in [0.4, 0.5) is 24.7 Å². The van der Waals surface area contributed by atoms with Gasteiger partial charge in [-0.15, -0.1) is 10.2 Å². The van der Waals surface area contributed by atoms with Crippen LogP contribution in [0.5, 0.6) is 17.2 Å². The molecule has 2 aromatic heterocycles. The Morgan fingerprint density at radius 2 is 1.54 bits per heavy atom. The van der Waals surface area contributed by atoms with Crippen LogP contribution in [0.15, 0.2) is 34.4 Å². The van der Waals surface area contributed by atoms with Crippen molar-refractivity contribution >= 4 is 22.9 Å². The maximum Gasteiger partial charge on any atom is 0.437 e. The van der Waals surface area contributed by atoms with Crippen LogP contribution in [0, 0.1) is 6.92 Å². The molecule has 0 aliphatic carbocycles. The van der Waals surface area contributed by atoms with E-state index >= 15 is 0 Å². The van der Waals surface area contributed by atoms with Crippen LogP contribution in [-0.4, -0.2) is 71.9 Å². The van der Waals surface area contributed by atoms with Crippen LogP contribution >= 0.6 is 0 Å². The van der Waals surface area contributed by atoms with Gasteiger partial charge in [-0.1, -0.05) is 0 Å². The Hall–Kier alpha value is -4.16. The molecule has 0 spiro atoms. The number of halogens is 3. The molecule has 0 bridgehead atoms. The third-order valence-electron chi connectivity index (χ3n) is 5.85. The van der Waals surface area contributed by atoms with Crippen LogP contribution in [0.2, 0.25) is 0 Å². The molecule has 196 valence electrons. The SMILES string of the molecule is CCN(CC)c1ccc(N=C2C(C(F)(F)F)=Nn3c2nnc3-c2cc(OC)c(OC)cc2OC)c(C)n1. The van der Waals surface area contributed by atoms with E-state index in [4.69, 9.17) is 14.2 Å². The molecule has 0 atom stereocenters. The average molecular weight is 518 g/mol. The highest BCUT2D eigenvalue weighted by molar-refractivity contribution is 6.51. The Morgan fingerprint density at radius 1 is 0.919 bits per heavy atom.